The Labute approximate surface area is 347 Å². The highest BCUT2D eigenvalue weighted by Gasteiger charge is 2.50. The molecule has 322 valence electrons. The van der Waals surface area contributed by atoms with Crippen molar-refractivity contribution in [3.05, 3.63) is 60.7 Å². The highest BCUT2D eigenvalue weighted by Crippen LogP contribution is 2.39. The number of aliphatic hydroxyl groups excluding tert-OH is 1. The van der Waals surface area contributed by atoms with Gasteiger partial charge in [0.1, 0.15) is 11.2 Å². The maximum Gasteiger partial charge on any atom is 0.338 e. The lowest BCUT2D eigenvalue weighted by atomic mass is 9.82. The lowest BCUT2D eigenvalue weighted by Gasteiger charge is -2.44. The molecule has 0 heterocycles. The van der Waals surface area contributed by atoms with Crippen LogP contribution in [-0.2, 0) is 33.0 Å². The molecule has 4 atom stereocenters. The molecule has 2 aliphatic carbocycles. The third-order valence-electron chi connectivity index (χ3n) is 11.1. The molecule has 2 fully saturated rings. The summed E-state index contributed by atoms with van der Waals surface area (Å²) in [6.45, 7) is 27.5. The van der Waals surface area contributed by atoms with Gasteiger partial charge in [0, 0.05) is 13.2 Å². The molecule has 2 aromatic rings. The van der Waals surface area contributed by atoms with Crippen LogP contribution in [-0.4, -0.2) is 74.2 Å². The Morgan fingerprint density at radius 1 is 0.561 bits per heavy atom. The topological polar surface area (TPSA) is 101 Å². The summed E-state index contributed by atoms with van der Waals surface area (Å²) in [5.41, 5.74) is -2.89. The smallest absolute Gasteiger partial charge is 0.338 e. The van der Waals surface area contributed by atoms with Crippen molar-refractivity contribution in [3.63, 3.8) is 0 Å². The number of hydrogen-bond donors (Lipinski definition) is 1. The Hall–Kier alpha value is -2.56. The molecule has 57 heavy (non-hydrogen) atoms. The van der Waals surface area contributed by atoms with E-state index in [0.717, 1.165) is 51.6 Å². The van der Waals surface area contributed by atoms with Crippen molar-refractivity contribution < 1.29 is 38.1 Å². The van der Waals surface area contributed by atoms with E-state index in [1.807, 2.05) is 55.4 Å². The van der Waals surface area contributed by atoms with Crippen LogP contribution in [0.1, 0.15) is 141 Å². The van der Waals surface area contributed by atoms with Crippen molar-refractivity contribution >= 4 is 30.6 Å². The molecule has 8 nitrogen and oxygen atoms in total. The van der Waals surface area contributed by atoms with E-state index in [1.165, 1.54) is 16.8 Å². The van der Waals surface area contributed by atoms with E-state index >= 15 is 0 Å². The summed E-state index contributed by atoms with van der Waals surface area (Å²) in [4.78, 5) is 24.7. The Morgan fingerprint density at radius 2 is 0.912 bits per heavy atom. The fourth-order valence-electron chi connectivity index (χ4n) is 8.00. The molecule has 4 unspecified atom stereocenters. The quantitative estimate of drug-likeness (QED) is 0.149. The molecule has 2 aromatic carbocycles. The highest BCUT2D eigenvalue weighted by atomic mass is 28.4. The van der Waals surface area contributed by atoms with Crippen LogP contribution in [0.4, 0.5) is 0 Å². The number of esters is 2. The predicted octanol–water partition coefficient (Wildman–Crippen LogP) is 9.43. The fraction of sp³-hybridized carbons (Fsp3) is 0.708. The minimum absolute atomic E-state index is 0.0235. The summed E-state index contributed by atoms with van der Waals surface area (Å²) in [5.74, 6) is 1.10. The molecule has 2 aliphatic rings. The number of benzene rings is 2. The van der Waals surface area contributed by atoms with Gasteiger partial charge < -0.3 is 28.5 Å². The third kappa shape index (κ3) is 15.2. The summed E-state index contributed by atoms with van der Waals surface area (Å²) >= 11 is 0. The molecule has 1 N–H and O–H groups in total. The van der Waals surface area contributed by atoms with Crippen LogP contribution in [0, 0.1) is 23.7 Å². The zero-order chi connectivity index (χ0) is 42.7. The first-order chi connectivity index (χ1) is 26.4. The molecule has 0 aliphatic heterocycles. The van der Waals surface area contributed by atoms with E-state index in [-0.39, 0.29) is 23.6 Å². The molecular weight excluding hydrogens is 733 g/mol. The Morgan fingerprint density at radius 3 is 1.26 bits per heavy atom. The van der Waals surface area contributed by atoms with Gasteiger partial charge in [-0.2, -0.15) is 0 Å². The minimum atomic E-state index is -2.53. The van der Waals surface area contributed by atoms with Crippen LogP contribution in [0.3, 0.4) is 0 Å². The maximum atomic E-state index is 12.6. The second-order valence-corrected chi connectivity index (χ2v) is 24.9. The number of ether oxygens (including phenoxy) is 4. The monoisotopic (exact) mass is 811 g/mol. The van der Waals surface area contributed by atoms with Crippen molar-refractivity contribution in [1.82, 2.24) is 0 Å². The van der Waals surface area contributed by atoms with E-state index < -0.39 is 30.7 Å². The molecule has 0 radical (unpaired) electrons. The average molecular weight is 811 g/mol. The van der Waals surface area contributed by atoms with Gasteiger partial charge in [0.15, 0.2) is 11.2 Å². The van der Waals surface area contributed by atoms with Crippen molar-refractivity contribution in [2.24, 2.45) is 23.7 Å². The Bertz CT molecular complexity index is 1460. The van der Waals surface area contributed by atoms with Crippen LogP contribution >= 0.6 is 0 Å². The van der Waals surface area contributed by atoms with Gasteiger partial charge in [0.25, 0.3) is 8.32 Å². The predicted molar refractivity (Wildman–Crippen MR) is 233 cm³/mol. The first-order valence-electron chi connectivity index (χ1n) is 21.5. The highest BCUT2D eigenvalue weighted by molar-refractivity contribution is 6.99. The fourth-order valence-corrected chi connectivity index (χ4v) is 12.6. The average Bonchev–Trinajstić information content (AvgIpc) is 3.13. The molecule has 0 aromatic heterocycles. The van der Waals surface area contributed by atoms with Crippen LogP contribution in [0.25, 0.3) is 0 Å². The number of aliphatic hydroxyl groups is 1. The third-order valence-corrected chi connectivity index (χ3v) is 16.1. The normalized spacial score (nSPS) is 21.2. The van der Waals surface area contributed by atoms with E-state index in [1.54, 1.807) is 13.8 Å². The van der Waals surface area contributed by atoms with Crippen LogP contribution in [0.2, 0.25) is 5.04 Å². The Kier molecular flexibility index (Phi) is 17.6. The summed E-state index contributed by atoms with van der Waals surface area (Å²) in [6.07, 6.45) is 8.85. The lowest BCUT2D eigenvalue weighted by molar-refractivity contribution is -0.182. The Balaban J connectivity index is 0.000000367. The van der Waals surface area contributed by atoms with Gasteiger partial charge in [0.05, 0.1) is 13.2 Å². The van der Waals surface area contributed by atoms with Gasteiger partial charge in [-0.25, -0.2) is 9.59 Å². The van der Waals surface area contributed by atoms with Gasteiger partial charge in [-0.05, 0) is 147 Å². The largest absolute Gasteiger partial charge is 0.458 e. The second-order valence-electron chi connectivity index (χ2n) is 20.6. The van der Waals surface area contributed by atoms with E-state index in [9.17, 15) is 14.7 Å². The standard InChI is InChI=1S/C32H48O4Si.C16H30O4/c1-30(2,3)36-29(33)32(7,8)34-23-25-16-15-17-26(22-25)24-35-37(31(4,5)6,27-18-11-9-12-19-27)28-20-13-10-14-21-28;1-15(2,3)20-14(18)16(4,5)19-11-13-8-6-7-12(9-13)10-17/h9-14,18-21,25-26H,15-17,22-24H2,1-8H3;12-13,17H,6-11H2,1-5H3. The van der Waals surface area contributed by atoms with Gasteiger partial charge in [-0.3, -0.25) is 0 Å². The van der Waals surface area contributed by atoms with Crippen molar-refractivity contribution in [2.75, 3.05) is 26.4 Å². The van der Waals surface area contributed by atoms with Crippen molar-refractivity contribution in [2.45, 2.75) is 169 Å². The van der Waals surface area contributed by atoms with Crippen LogP contribution < -0.4 is 10.4 Å². The molecule has 0 bridgehead atoms. The zero-order valence-corrected chi connectivity index (χ0v) is 38.9. The molecule has 4 rings (SSSR count). The number of carbonyl (C=O) groups excluding carboxylic acids is 2. The molecule has 9 heteroatoms. The molecule has 0 saturated heterocycles. The second kappa shape index (κ2) is 20.6. The van der Waals surface area contributed by atoms with Crippen LogP contribution in [0.15, 0.2) is 60.7 Å². The van der Waals surface area contributed by atoms with Crippen LogP contribution in [0.5, 0.6) is 0 Å². The van der Waals surface area contributed by atoms with Crippen molar-refractivity contribution in [3.8, 4) is 0 Å². The maximum absolute atomic E-state index is 12.6. The molecular formula is C48H78O8Si. The summed E-state index contributed by atoms with van der Waals surface area (Å²) in [7, 11) is -2.53. The summed E-state index contributed by atoms with van der Waals surface area (Å²) in [6, 6.07) is 21.7. The number of hydrogen-bond acceptors (Lipinski definition) is 8. The summed E-state index contributed by atoms with van der Waals surface area (Å²) in [5, 5.41) is 11.9. The van der Waals surface area contributed by atoms with E-state index in [2.05, 4.69) is 81.4 Å². The number of rotatable bonds is 14. The molecule has 0 amide bonds. The first kappa shape index (κ1) is 48.8. The van der Waals surface area contributed by atoms with E-state index in [4.69, 9.17) is 23.4 Å². The van der Waals surface area contributed by atoms with Gasteiger partial charge in [0.2, 0.25) is 0 Å². The summed E-state index contributed by atoms with van der Waals surface area (Å²) < 4.78 is 30.1. The zero-order valence-electron chi connectivity index (χ0n) is 37.9. The minimum Gasteiger partial charge on any atom is -0.458 e. The van der Waals surface area contributed by atoms with Gasteiger partial charge >= 0.3 is 11.9 Å². The molecule has 0 spiro atoms. The van der Waals surface area contributed by atoms with Gasteiger partial charge in [-0.1, -0.05) is 94.3 Å². The molecule has 2 saturated carbocycles. The first-order valence-corrected chi connectivity index (χ1v) is 23.4. The lowest BCUT2D eigenvalue weighted by Crippen LogP contribution is -2.67. The van der Waals surface area contributed by atoms with Crippen molar-refractivity contribution in [1.29, 1.82) is 0 Å². The number of carbonyl (C=O) groups is 2. The SMILES string of the molecule is CC(C)(C)OC(=O)C(C)(C)OCC1CCCC(CO)C1.CC(C)(C)OC(=O)C(C)(C)OCC1CCCC(CO[Si](c2ccccc2)(c2ccccc2)C(C)(C)C)C1. The van der Waals surface area contributed by atoms with Gasteiger partial charge in [-0.15, -0.1) is 0 Å². The van der Waals surface area contributed by atoms with E-state index in [0.29, 0.717) is 36.9 Å².